The van der Waals surface area contributed by atoms with Gasteiger partial charge >= 0.3 is 0 Å². The van der Waals surface area contributed by atoms with Crippen LogP contribution in [-0.2, 0) is 19.6 Å². The molecular weight excluding hydrogens is 464 g/mol. The Kier molecular flexibility index (Phi) is 8.87. The average Bonchev–Trinajstić information content (AvgIpc) is 2.83. The van der Waals surface area contributed by atoms with Gasteiger partial charge in [0.1, 0.15) is 6.04 Å². The molecule has 0 unspecified atom stereocenters. The molecule has 3 rings (SSSR count). The molecule has 11 heteroatoms. The number of carbonyl (C=O) groups excluding carboxylic acids is 2. The van der Waals surface area contributed by atoms with E-state index in [1.165, 1.54) is 24.3 Å². The molecule has 2 amide bonds. The van der Waals surface area contributed by atoms with E-state index in [1.807, 2.05) is 6.07 Å². The number of primary amides is 1. The molecule has 0 spiro atoms. The van der Waals surface area contributed by atoms with E-state index in [2.05, 4.69) is 22.8 Å². The Hall–Kier alpha value is -2.44. The molecule has 9 nitrogen and oxygen atoms in total. The minimum atomic E-state index is -4.04. The Bertz CT molecular complexity index is 1040. The number of thiol groups is 1. The second kappa shape index (κ2) is 11.6. The molecule has 3 N–H and O–H groups in total. The molecule has 0 aliphatic carbocycles. The van der Waals surface area contributed by atoms with Crippen LogP contribution in [0.3, 0.4) is 0 Å². The van der Waals surface area contributed by atoms with Gasteiger partial charge in [-0.15, -0.1) is 0 Å². The lowest BCUT2D eigenvalue weighted by molar-refractivity contribution is -0.121. The molecule has 178 valence electrons. The first-order valence-electron chi connectivity index (χ1n) is 10.5. The first-order valence-corrected chi connectivity index (χ1v) is 12.6. The molecule has 0 bridgehead atoms. The van der Waals surface area contributed by atoms with Crippen molar-refractivity contribution in [2.45, 2.75) is 10.9 Å². The van der Waals surface area contributed by atoms with Crippen LogP contribution in [0.5, 0.6) is 0 Å². The first-order chi connectivity index (χ1) is 15.8. The van der Waals surface area contributed by atoms with Crippen molar-refractivity contribution in [1.82, 2.24) is 9.21 Å². The molecule has 33 heavy (non-hydrogen) atoms. The van der Waals surface area contributed by atoms with E-state index in [0.717, 1.165) is 4.31 Å². The zero-order chi connectivity index (χ0) is 23.8. The highest BCUT2D eigenvalue weighted by Crippen LogP contribution is 2.22. The van der Waals surface area contributed by atoms with E-state index in [9.17, 15) is 18.0 Å². The van der Waals surface area contributed by atoms with Crippen molar-refractivity contribution in [3.05, 3.63) is 60.2 Å². The van der Waals surface area contributed by atoms with Gasteiger partial charge in [0, 0.05) is 43.2 Å². The number of ether oxygens (including phenoxy) is 1. The minimum Gasteiger partial charge on any atom is -0.379 e. The van der Waals surface area contributed by atoms with Crippen LogP contribution in [-0.4, -0.2) is 80.6 Å². The highest BCUT2D eigenvalue weighted by Gasteiger charge is 2.34. The number of nitrogens with zero attached hydrogens (tertiary/aromatic N) is 2. The highest BCUT2D eigenvalue weighted by molar-refractivity contribution is 7.89. The third kappa shape index (κ3) is 6.55. The first kappa shape index (κ1) is 25.2. The highest BCUT2D eigenvalue weighted by atomic mass is 32.2. The number of benzene rings is 2. The summed E-state index contributed by atoms with van der Waals surface area (Å²) < 4.78 is 33.3. The van der Waals surface area contributed by atoms with Gasteiger partial charge in [-0.05, 0) is 36.4 Å². The molecule has 0 radical (unpaired) electrons. The lowest BCUT2D eigenvalue weighted by Crippen LogP contribution is -2.52. The van der Waals surface area contributed by atoms with E-state index in [-0.39, 0.29) is 23.1 Å². The summed E-state index contributed by atoms with van der Waals surface area (Å²) in [5, 5.41) is 2.73. The number of nitrogens with two attached hydrogens (primary N) is 1. The number of carbonyl (C=O) groups is 2. The minimum absolute atomic E-state index is 0.00443. The van der Waals surface area contributed by atoms with Gasteiger partial charge in [0.05, 0.1) is 18.1 Å². The van der Waals surface area contributed by atoms with Gasteiger partial charge in [0.25, 0.3) is 5.91 Å². The van der Waals surface area contributed by atoms with Crippen LogP contribution in [0, 0.1) is 0 Å². The number of sulfonamides is 1. The topological polar surface area (TPSA) is 122 Å². The van der Waals surface area contributed by atoms with Gasteiger partial charge < -0.3 is 15.8 Å². The second-order valence-electron chi connectivity index (χ2n) is 7.52. The fourth-order valence-corrected chi connectivity index (χ4v) is 5.54. The largest absolute Gasteiger partial charge is 0.379 e. The van der Waals surface area contributed by atoms with Crippen LogP contribution in [0.4, 0.5) is 5.69 Å². The Morgan fingerprint density at radius 2 is 1.73 bits per heavy atom. The Morgan fingerprint density at radius 1 is 1.09 bits per heavy atom. The smallest absolute Gasteiger partial charge is 0.255 e. The Labute approximate surface area is 199 Å². The number of nitrogens with one attached hydrogen (secondary N) is 1. The third-order valence-electron chi connectivity index (χ3n) is 5.34. The summed E-state index contributed by atoms with van der Waals surface area (Å²) in [5.41, 5.74) is 6.43. The van der Waals surface area contributed by atoms with Crippen molar-refractivity contribution >= 4 is 40.2 Å². The maximum absolute atomic E-state index is 13.4. The molecule has 1 saturated heterocycles. The molecule has 1 atom stereocenters. The second-order valence-corrected chi connectivity index (χ2v) is 9.77. The molecule has 0 aromatic heterocycles. The summed E-state index contributed by atoms with van der Waals surface area (Å²) in [6.45, 7) is 3.05. The van der Waals surface area contributed by atoms with Crippen molar-refractivity contribution in [2.24, 2.45) is 5.73 Å². The van der Waals surface area contributed by atoms with Crippen LogP contribution in [0.15, 0.2) is 59.5 Å². The van der Waals surface area contributed by atoms with Crippen molar-refractivity contribution in [2.75, 3.05) is 50.5 Å². The lowest BCUT2D eigenvalue weighted by Gasteiger charge is -2.32. The average molecular weight is 493 g/mol. The monoisotopic (exact) mass is 492 g/mol. The molecule has 0 saturated carbocycles. The summed E-state index contributed by atoms with van der Waals surface area (Å²) in [6, 6.07) is 13.4. The summed E-state index contributed by atoms with van der Waals surface area (Å²) in [5.74, 6) is -1.10. The normalized spacial score (nSPS) is 15.8. The Balaban J connectivity index is 1.77. The maximum atomic E-state index is 13.4. The fraction of sp³-hybridized carbons (Fsp3) is 0.364. The van der Waals surface area contributed by atoms with Gasteiger partial charge in [-0.25, -0.2) is 8.42 Å². The third-order valence-corrected chi connectivity index (χ3v) is 7.61. The van der Waals surface area contributed by atoms with Gasteiger partial charge in [-0.1, -0.05) is 18.2 Å². The predicted molar refractivity (Wildman–Crippen MR) is 129 cm³/mol. The van der Waals surface area contributed by atoms with Crippen LogP contribution < -0.4 is 11.1 Å². The molecule has 2 aromatic carbocycles. The molecule has 1 aliphatic heterocycles. The van der Waals surface area contributed by atoms with E-state index < -0.39 is 22.0 Å². The predicted octanol–water partition coefficient (Wildman–Crippen LogP) is 1.05. The summed E-state index contributed by atoms with van der Waals surface area (Å²) in [6.07, 6.45) is 0. The van der Waals surface area contributed by atoms with E-state index >= 15 is 0 Å². The Morgan fingerprint density at radius 3 is 2.30 bits per heavy atom. The number of morpholine rings is 1. The van der Waals surface area contributed by atoms with Crippen molar-refractivity contribution in [3.8, 4) is 0 Å². The maximum Gasteiger partial charge on any atom is 0.255 e. The summed E-state index contributed by atoms with van der Waals surface area (Å²) in [7, 11) is -4.04. The molecule has 2 aromatic rings. The molecule has 1 fully saturated rings. The quantitative estimate of drug-likeness (QED) is 0.426. The number of anilines is 1. The van der Waals surface area contributed by atoms with Crippen molar-refractivity contribution < 1.29 is 22.7 Å². The zero-order valence-electron chi connectivity index (χ0n) is 18.1. The molecule has 1 aliphatic rings. The number of hydrogen-bond donors (Lipinski definition) is 3. The summed E-state index contributed by atoms with van der Waals surface area (Å²) >= 11 is 4.16. The number of hydrogen-bond acceptors (Lipinski definition) is 7. The van der Waals surface area contributed by atoms with E-state index in [0.29, 0.717) is 44.1 Å². The van der Waals surface area contributed by atoms with Crippen LogP contribution in [0.1, 0.15) is 10.4 Å². The van der Waals surface area contributed by atoms with Crippen LogP contribution >= 0.6 is 12.6 Å². The van der Waals surface area contributed by atoms with Gasteiger partial charge in [0.2, 0.25) is 15.9 Å². The van der Waals surface area contributed by atoms with E-state index in [4.69, 9.17) is 10.5 Å². The van der Waals surface area contributed by atoms with Crippen LogP contribution in [0.25, 0.3) is 0 Å². The SMILES string of the molecule is NC(=O)[C@H](CS)N(CCN1CCOCC1)S(=O)(=O)c1ccc(NC(=O)c2ccccc2)cc1. The molecule has 1 heterocycles. The van der Waals surface area contributed by atoms with E-state index in [1.54, 1.807) is 24.3 Å². The fourth-order valence-electron chi connectivity index (χ4n) is 3.47. The van der Waals surface area contributed by atoms with Gasteiger partial charge in [-0.2, -0.15) is 16.9 Å². The number of amides is 2. The summed E-state index contributed by atoms with van der Waals surface area (Å²) in [4.78, 5) is 26.4. The standard InChI is InChI=1S/C22H28N4O5S2/c23-21(27)20(16-32)26(11-10-25-12-14-31-15-13-25)33(29,30)19-8-6-18(7-9-19)24-22(28)17-4-2-1-3-5-17/h1-9,20,32H,10-16H2,(H2,23,27)(H,24,28)/t20-/m0/s1. The van der Waals surface area contributed by atoms with Gasteiger partial charge in [0.15, 0.2) is 0 Å². The number of rotatable bonds is 10. The van der Waals surface area contributed by atoms with Crippen LogP contribution in [0.2, 0.25) is 0 Å². The lowest BCUT2D eigenvalue weighted by atomic mass is 10.2. The van der Waals surface area contributed by atoms with Gasteiger partial charge in [-0.3, -0.25) is 14.5 Å². The zero-order valence-corrected chi connectivity index (χ0v) is 19.8. The van der Waals surface area contributed by atoms with Crippen molar-refractivity contribution in [1.29, 1.82) is 0 Å². The van der Waals surface area contributed by atoms with Crippen molar-refractivity contribution in [3.63, 3.8) is 0 Å². The molecular formula is C22H28N4O5S2.